The van der Waals surface area contributed by atoms with E-state index >= 15 is 0 Å². The zero-order valence-electron chi connectivity index (χ0n) is 9.31. The summed E-state index contributed by atoms with van der Waals surface area (Å²) in [5.74, 6) is -0.199. The average molecular weight is 298 g/mol. The highest BCUT2D eigenvalue weighted by Crippen LogP contribution is 2.25. The molecular formula is C12H12BrNO3. The van der Waals surface area contributed by atoms with Crippen LogP contribution in [0.3, 0.4) is 0 Å². The molecule has 1 atom stereocenters. The molecule has 1 aromatic heterocycles. The fourth-order valence-electron chi connectivity index (χ4n) is 1.72. The lowest BCUT2D eigenvalue weighted by Crippen LogP contribution is -2.07. The standard InChI is InChI=1S/C12H12BrNO3/c1-7(6-11(15)16)5-10-14-9-4-2-3-8(13)12(9)17-10/h2-4,7H,5-6H2,1H3,(H,15,16). The fourth-order valence-corrected chi connectivity index (χ4v) is 2.15. The van der Waals surface area contributed by atoms with Gasteiger partial charge in [0.25, 0.3) is 0 Å². The molecular weight excluding hydrogens is 286 g/mol. The Hall–Kier alpha value is -1.36. The summed E-state index contributed by atoms with van der Waals surface area (Å²) >= 11 is 3.39. The molecule has 0 saturated carbocycles. The first kappa shape index (κ1) is 12.1. The summed E-state index contributed by atoms with van der Waals surface area (Å²) in [6, 6.07) is 5.65. The van der Waals surface area contributed by atoms with Crippen molar-refractivity contribution in [2.75, 3.05) is 0 Å². The first-order chi connectivity index (χ1) is 8.06. The number of aliphatic carboxylic acids is 1. The second kappa shape index (κ2) is 4.87. The van der Waals surface area contributed by atoms with E-state index in [1.165, 1.54) is 0 Å². The number of hydrogen-bond acceptors (Lipinski definition) is 3. The van der Waals surface area contributed by atoms with Crippen molar-refractivity contribution in [3.8, 4) is 0 Å². The molecule has 1 N–H and O–H groups in total. The maximum absolute atomic E-state index is 10.6. The molecule has 5 heteroatoms. The summed E-state index contributed by atoms with van der Waals surface area (Å²) < 4.78 is 6.46. The van der Waals surface area contributed by atoms with E-state index in [2.05, 4.69) is 20.9 Å². The molecule has 90 valence electrons. The first-order valence-electron chi connectivity index (χ1n) is 5.32. The van der Waals surface area contributed by atoms with Crippen molar-refractivity contribution < 1.29 is 14.3 Å². The smallest absolute Gasteiger partial charge is 0.303 e. The second-order valence-corrected chi connectivity index (χ2v) is 4.96. The number of carboxylic acids is 1. The van der Waals surface area contributed by atoms with Gasteiger partial charge >= 0.3 is 5.97 Å². The molecule has 2 aromatic rings. The number of carbonyl (C=O) groups is 1. The molecule has 0 aliphatic rings. The zero-order valence-corrected chi connectivity index (χ0v) is 10.9. The minimum atomic E-state index is -0.796. The first-order valence-corrected chi connectivity index (χ1v) is 6.11. The summed E-state index contributed by atoms with van der Waals surface area (Å²) in [7, 11) is 0. The van der Waals surface area contributed by atoms with Crippen molar-refractivity contribution in [1.29, 1.82) is 0 Å². The Morgan fingerprint density at radius 2 is 2.35 bits per heavy atom. The Balaban J connectivity index is 2.20. The number of nitrogens with zero attached hydrogens (tertiary/aromatic N) is 1. The van der Waals surface area contributed by atoms with Gasteiger partial charge in [0.2, 0.25) is 0 Å². The third-order valence-electron chi connectivity index (χ3n) is 2.46. The molecule has 4 nitrogen and oxygen atoms in total. The Morgan fingerprint density at radius 3 is 3.00 bits per heavy atom. The highest BCUT2D eigenvalue weighted by molar-refractivity contribution is 9.10. The summed E-state index contributed by atoms with van der Waals surface area (Å²) in [6.07, 6.45) is 0.660. The normalized spacial score (nSPS) is 12.8. The molecule has 0 bridgehead atoms. The van der Waals surface area contributed by atoms with E-state index in [-0.39, 0.29) is 12.3 Å². The summed E-state index contributed by atoms with van der Waals surface area (Å²) in [4.78, 5) is 14.9. The van der Waals surface area contributed by atoms with Crippen molar-refractivity contribution in [2.24, 2.45) is 5.92 Å². The van der Waals surface area contributed by atoms with Gasteiger partial charge in [-0.3, -0.25) is 4.79 Å². The van der Waals surface area contributed by atoms with Crippen LogP contribution in [0, 0.1) is 5.92 Å². The number of carboxylic acid groups (broad SMARTS) is 1. The highest BCUT2D eigenvalue weighted by Gasteiger charge is 2.14. The number of benzene rings is 1. The van der Waals surface area contributed by atoms with Gasteiger partial charge in [-0.2, -0.15) is 0 Å². The van der Waals surface area contributed by atoms with E-state index in [1.807, 2.05) is 25.1 Å². The second-order valence-electron chi connectivity index (χ2n) is 4.10. The summed E-state index contributed by atoms with van der Waals surface area (Å²) in [5.41, 5.74) is 1.50. The van der Waals surface area contributed by atoms with Gasteiger partial charge in [0.05, 0.1) is 4.47 Å². The lowest BCUT2D eigenvalue weighted by molar-refractivity contribution is -0.137. The van der Waals surface area contributed by atoms with Crippen molar-refractivity contribution in [3.05, 3.63) is 28.6 Å². The monoisotopic (exact) mass is 297 g/mol. The van der Waals surface area contributed by atoms with Gasteiger partial charge in [0.15, 0.2) is 11.5 Å². The Bertz CT molecular complexity index is 550. The topological polar surface area (TPSA) is 63.3 Å². The van der Waals surface area contributed by atoms with Crippen molar-refractivity contribution >= 4 is 33.0 Å². The van der Waals surface area contributed by atoms with Crippen LogP contribution in [0.15, 0.2) is 27.1 Å². The molecule has 0 saturated heterocycles. The Kier molecular flexibility index (Phi) is 3.47. The van der Waals surface area contributed by atoms with E-state index in [1.54, 1.807) is 0 Å². The average Bonchev–Trinajstić information content (AvgIpc) is 2.60. The van der Waals surface area contributed by atoms with Crippen LogP contribution in [0.4, 0.5) is 0 Å². The molecule has 0 fully saturated rings. The minimum absolute atomic E-state index is 0.0133. The van der Waals surface area contributed by atoms with Gasteiger partial charge in [-0.25, -0.2) is 4.98 Å². The molecule has 1 unspecified atom stereocenters. The Labute approximate surface area is 107 Å². The number of oxazole rings is 1. The van der Waals surface area contributed by atoms with Gasteiger partial charge in [0.1, 0.15) is 5.52 Å². The van der Waals surface area contributed by atoms with E-state index in [4.69, 9.17) is 9.52 Å². The van der Waals surface area contributed by atoms with Crippen LogP contribution in [0.2, 0.25) is 0 Å². The zero-order chi connectivity index (χ0) is 12.4. The number of para-hydroxylation sites is 1. The predicted molar refractivity (Wildman–Crippen MR) is 66.8 cm³/mol. The van der Waals surface area contributed by atoms with E-state index < -0.39 is 5.97 Å². The summed E-state index contributed by atoms with van der Waals surface area (Å²) in [5, 5.41) is 8.69. The third-order valence-corrected chi connectivity index (χ3v) is 3.08. The quantitative estimate of drug-likeness (QED) is 0.941. The van der Waals surface area contributed by atoms with Crippen LogP contribution in [-0.4, -0.2) is 16.1 Å². The maximum atomic E-state index is 10.6. The molecule has 0 aliphatic heterocycles. The van der Waals surface area contributed by atoms with Crippen LogP contribution in [0.25, 0.3) is 11.1 Å². The predicted octanol–water partition coefficient (Wildman–Crippen LogP) is 3.24. The lowest BCUT2D eigenvalue weighted by Gasteiger charge is -2.03. The third kappa shape index (κ3) is 2.85. The van der Waals surface area contributed by atoms with E-state index in [0.717, 1.165) is 9.99 Å². The van der Waals surface area contributed by atoms with Crippen LogP contribution in [0.5, 0.6) is 0 Å². The maximum Gasteiger partial charge on any atom is 0.303 e. The fraction of sp³-hybridized carbons (Fsp3) is 0.333. The van der Waals surface area contributed by atoms with Gasteiger partial charge in [-0.05, 0) is 34.0 Å². The van der Waals surface area contributed by atoms with Crippen LogP contribution in [0.1, 0.15) is 19.2 Å². The van der Waals surface area contributed by atoms with Gasteiger partial charge in [-0.15, -0.1) is 0 Å². The van der Waals surface area contributed by atoms with Crippen LogP contribution >= 0.6 is 15.9 Å². The van der Waals surface area contributed by atoms with Gasteiger partial charge < -0.3 is 9.52 Å². The van der Waals surface area contributed by atoms with E-state index in [0.29, 0.717) is 17.9 Å². The van der Waals surface area contributed by atoms with Crippen LogP contribution < -0.4 is 0 Å². The van der Waals surface area contributed by atoms with Crippen molar-refractivity contribution in [3.63, 3.8) is 0 Å². The minimum Gasteiger partial charge on any atom is -0.481 e. The molecule has 0 aliphatic carbocycles. The molecule has 2 rings (SSSR count). The molecule has 1 aromatic carbocycles. The Morgan fingerprint density at radius 1 is 1.59 bits per heavy atom. The van der Waals surface area contributed by atoms with Gasteiger partial charge in [0, 0.05) is 12.8 Å². The van der Waals surface area contributed by atoms with E-state index in [9.17, 15) is 4.79 Å². The van der Waals surface area contributed by atoms with Crippen molar-refractivity contribution in [2.45, 2.75) is 19.8 Å². The molecule has 1 heterocycles. The SMILES string of the molecule is CC(CC(=O)O)Cc1nc2cccc(Br)c2o1. The molecule has 0 amide bonds. The molecule has 0 radical (unpaired) electrons. The lowest BCUT2D eigenvalue weighted by atomic mass is 10.0. The van der Waals surface area contributed by atoms with Crippen molar-refractivity contribution in [1.82, 2.24) is 4.98 Å². The summed E-state index contributed by atoms with van der Waals surface area (Å²) in [6.45, 7) is 1.87. The van der Waals surface area contributed by atoms with Gasteiger partial charge in [-0.1, -0.05) is 13.0 Å². The number of rotatable bonds is 4. The molecule has 17 heavy (non-hydrogen) atoms. The molecule has 0 spiro atoms. The number of hydrogen-bond donors (Lipinski definition) is 1. The number of fused-ring (bicyclic) bond motifs is 1. The largest absolute Gasteiger partial charge is 0.481 e. The number of aromatic nitrogens is 1. The van der Waals surface area contributed by atoms with Crippen LogP contribution in [-0.2, 0) is 11.2 Å². The highest BCUT2D eigenvalue weighted by atomic mass is 79.9. The number of halogens is 1.